The van der Waals surface area contributed by atoms with Crippen LogP contribution in [-0.4, -0.2) is 26.2 Å². The van der Waals surface area contributed by atoms with E-state index in [1.807, 2.05) is 68.4 Å². The standard InChI is InChI=1S/C17H18N6O/c1-12(14-7-4-3-5-8-14)18-17(24)19-15-9-6-10-16(11-15)23-13(2)20-21-22-23/h3-12H,1-2H3,(H2,18,19,24)/t12-/m0/s1. The minimum Gasteiger partial charge on any atom is -0.331 e. The molecule has 0 bridgehead atoms. The Morgan fingerprint density at radius 1 is 1.12 bits per heavy atom. The number of nitrogens with one attached hydrogen (secondary N) is 2. The Hall–Kier alpha value is -3.22. The SMILES string of the molecule is Cc1nnnn1-c1cccc(NC(=O)N[C@@H](C)c2ccccc2)c1. The number of rotatable bonds is 4. The summed E-state index contributed by atoms with van der Waals surface area (Å²) in [5.41, 5.74) is 2.50. The summed E-state index contributed by atoms with van der Waals surface area (Å²) in [6, 6.07) is 16.8. The molecule has 2 aromatic carbocycles. The first kappa shape index (κ1) is 15.7. The fourth-order valence-corrected chi connectivity index (χ4v) is 2.37. The van der Waals surface area contributed by atoms with Gasteiger partial charge in [-0.05, 0) is 48.0 Å². The van der Waals surface area contributed by atoms with Crippen LogP contribution >= 0.6 is 0 Å². The number of urea groups is 1. The van der Waals surface area contributed by atoms with E-state index in [9.17, 15) is 4.79 Å². The van der Waals surface area contributed by atoms with Gasteiger partial charge in [-0.25, -0.2) is 4.79 Å². The van der Waals surface area contributed by atoms with Gasteiger partial charge in [0.1, 0.15) is 0 Å². The largest absolute Gasteiger partial charge is 0.331 e. The molecule has 3 aromatic rings. The third-order valence-electron chi connectivity index (χ3n) is 3.62. The lowest BCUT2D eigenvalue weighted by molar-refractivity contribution is 0.249. The zero-order valence-electron chi connectivity index (χ0n) is 13.5. The number of carbonyl (C=O) groups is 1. The Morgan fingerprint density at radius 3 is 2.62 bits per heavy atom. The minimum absolute atomic E-state index is 0.0869. The summed E-state index contributed by atoms with van der Waals surface area (Å²) < 4.78 is 1.61. The van der Waals surface area contributed by atoms with E-state index in [4.69, 9.17) is 0 Å². The fourth-order valence-electron chi connectivity index (χ4n) is 2.37. The van der Waals surface area contributed by atoms with Crippen molar-refractivity contribution < 1.29 is 4.79 Å². The molecule has 0 aliphatic rings. The van der Waals surface area contributed by atoms with Crippen molar-refractivity contribution in [3.63, 3.8) is 0 Å². The summed E-state index contributed by atoms with van der Waals surface area (Å²) in [4.78, 5) is 12.2. The van der Waals surface area contributed by atoms with Gasteiger partial charge in [0.25, 0.3) is 0 Å². The van der Waals surface area contributed by atoms with Gasteiger partial charge in [0.15, 0.2) is 5.82 Å². The van der Waals surface area contributed by atoms with Crippen molar-refractivity contribution in [2.75, 3.05) is 5.32 Å². The first-order valence-corrected chi connectivity index (χ1v) is 7.61. The number of hydrogen-bond donors (Lipinski definition) is 2. The molecule has 1 heterocycles. The number of tetrazole rings is 1. The van der Waals surface area contributed by atoms with E-state index in [1.54, 1.807) is 4.68 Å². The lowest BCUT2D eigenvalue weighted by Crippen LogP contribution is -2.31. The van der Waals surface area contributed by atoms with Crippen LogP contribution in [0.2, 0.25) is 0 Å². The predicted molar refractivity (Wildman–Crippen MR) is 90.9 cm³/mol. The minimum atomic E-state index is -0.267. The summed E-state index contributed by atoms with van der Waals surface area (Å²) in [7, 11) is 0. The van der Waals surface area contributed by atoms with Gasteiger partial charge in [0.2, 0.25) is 0 Å². The van der Waals surface area contributed by atoms with Gasteiger partial charge >= 0.3 is 6.03 Å². The lowest BCUT2D eigenvalue weighted by Gasteiger charge is -2.15. The smallest absolute Gasteiger partial charge is 0.319 e. The highest BCUT2D eigenvalue weighted by atomic mass is 16.2. The summed E-state index contributed by atoms with van der Waals surface area (Å²) in [6.45, 7) is 3.75. The number of benzene rings is 2. The number of anilines is 1. The first-order chi connectivity index (χ1) is 11.6. The molecular formula is C17H18N6O. The Bertz CT molecular complexity index is 830. The van der Waals surface area contributed by atoms with E-state index < -0.39 is 0 Å². The second kappa shape index (κ2) is 6.91. The van der Waals surface area contributed by atoms with Crippen LogP contribution < -0.4 is 10.6 Å². The van der Waals surface area contributed by atoms with Crippen LogP contribution in [0.25, 0.3) is 5.69 Å². The molecule has 0 aliphatic heterocycles. The molecule has 7 nitrogen and oxygen atoms in total. The molecule has 0 unspecified atom stereocenters. The van der Waals surface area contributed by atoms with Crippen LogP contribution in [-0.2, 0) is 0 Å². The van der Waals surface area contributed by atoms with Gasteiger partial charge in [0, 0.05) is 5.69 Å². The highest BCUT2D eigenvalue weighted by Crippen LogP contribution is 2.15. The molecule has 24 heavy (non-hydrogen) atoms. The number of aryl methyl sites for hydroxylation is 1. The second-order valence-electron chi connectivity index (χ2n) is 5.42. The maximum absolute atomic E-state index is 12.2. The molecular weight excluding hydrogens is 304 g/mol. The maximum atomic E-state index is 12.2. The molecule has 2 amide bonds. The first-order valence-electron chi connectivity index (χ1n) is 7.61. The van der Waals surface area contributed by atoms with E-state index in [1.165, 1.54) is 0 Å². The average Bonchev–Trinajstić information content (AvgIpc) is 3.02. The van der Waals surface area contributed by atoms with E-state index >= 15 is 0 Å². The quantitative estimate of drug-likeness (QED) is 0.773. The summed E-state index contributed by atoms with van der Waals surface area (Å²) in [5.74, 6) is 0.675. The van der Waals surface area contributed by atoms with Crippen LogP contribution in [0.5, 0.6) is 0 Å². The van der Waals surface area contributed by atoms with Gasteiger partial charge in [0.05, 0.1) is 11.7 Å². The molecule has 0 radical (unpaired) electrons. The Kier molecular flexibility index (Phi) is 4.51. The molecule has 7 heteroatoms. The molecule has 3 rings (SSSR count). The molecule has 0 saturated heterocycles. The zero-order chi connectivity index (χ0) is 16.9. The lowest BCUT2D eigenvalue weighted by atomic mass is 10.1. The number of hydrogen-bond acceptors (Lipinski definition) is 4. The van der Waals surface area contributed by atoms with Crippen LogP contribution in [0.3, 0.4) is 0 Å². The molecule has 0 spiro atoms. The molecule has 1 aromatic heterocycles. The van der Waals surface area contributed by atoms with Crippen molar-refractivity contribution in [3.05, 3.63) is 66.0 Å². The molecule has 1 atom stereocenters. The van der Waals surface area contributed by atoms with Crippen molar-refractivity contribution in [1.29, 1.82) is 0 Å². The fraction of sp³-hybridized carbons (Fsp3) is 0.176. The van der Waals surface area contributed by atoms with Crippen molar-refractivity contribution in [3.8, 4) is 5.69 Å². The van der Waals surface area contributed by atoms with Gasteiger partial charge in [-0.1, -0.05) is 36.4 Å². The topological polar surface area (TPSA) is 84.7 Å². The highest BCUT2D eigenvalue weighted by Gasteiger charge is 2.10. The molecule has 0 fully saturated rings. The van der Waals surface area contributed by atoms with Crippen molar-refractivity contribution in [1.82, 2.24) is 25.5 Å². The van der Waals surface area contributed by atoms with Crippen LogP contribution in [0.4, 0.5) is 10.5 Å². The number of aromatic nitrogens is 4. The third kappa shape index (κ3) is 3.57. The number of carbonyl (C=O) groups excluding carboxylic acids is 1. The Balaban J connectivity index is 1.68. The van der Waals surface area contributed by atoms with Crippen molar-refractivity contribution in [2.24, 2.45) is 0 Å². The van der Waals surface area contributed by atoms with Crippen LogP contribution in [0.15, 0.2) is 54.6 Å². The Morgan fingerprint density at radius 2 is 1.92 bits per heavy atom. The molecule has 0 aliphatic carbocycles. The second-order valence-corrected chi connectivity index (χ2v) is 5.42. The van der Waals surface area contributed by atoms with E-state index in [0.29, 0.717) is 11.5 Å². The monoisotopic (exact) mass is 322 g/mol. The van der Waals surface area contributed by atoms with E-state index in [0.717, 1.165) is 11.3 Å². The average molecular weight is 322 g/mol. The van der Waals surface area contributed by atoms with Crippen molar-refractivity contribution in [2.45, 2.75) is 19.9 Å². The maximum Gasteiger partial charge on any atom is 0.319 e. The van der Waals surface area contributed by atoms with Crippen molar-refractivity contribution >= 4 is 11.7 Å². The normalized spacial score (nSPS) is 11.8. The van der Waals surface area contributed by atoms with E-state index in [2.05, 4.69) is 26.2 Å². The summed E-state index contributed by atoms with van der Waals surface area (Å²) in [5, 5.41) is 17.2. The van der Waals surface area contributed by atoms with Gasteiger partial charge < -0.3 is 10.6 Å². The summed E-state index contributed by atoms with van der Waals surface area (Å²) in [6.07, 6.45) is 0. The number of nitrogens with zero attached hydrogens (tertiary/aromatic N) is 4. The predicted octanol–water partition coefficient (Wildman–Crippen LogP) is 2.85. The third-order valence-corrected chi connectivity index (χ3v) is 3.62. The molecule has 0 saturated carbocycles. The zero-order valence-corrected chi connectivity index (χ0v) is 13.5. The van der Waals surface area contributed by atoms with Crippen LogP contribution in [0.1, 0.15) is 24.4 Å². The number of amides is 2. The highest BCUT2D eigenvalue weighted by molar-refractivity contribution is 5.89. The molecule has 122 valence electrons. The van der Waals surface area contributed by atoms with Crippen LogP contribution in [0, 0.1) is 6.92 Å². The van der Waals surface area contributed by atoms with Gasteiger partial charge in [-0.15, -0.1) is 5.10 Å². The summed E-state index contributed by atoms with van der Waals surface area (Å²) >= 11 is 0. The molecule has 2 N–H and O–H groups in total. The van der Waals surface area contributed by atoms with Gasteiger partial charge in [-0.3, -0.25) is 0 Å². The van der Waals surface area contributed by atoms with E-state index in [-0.39, 0.29) is 12.1 Å². The van der Waals surface area contributed by atoms with Gasteiger partial charge in [-0.2, -0.15) is 4.68 Å². The Labute approximate surface area is 139 Å².